The Kier molecular flexibility index (Phi) is 2.26. The van der Waals surface area contributed by atoms with E-state index < -0.39 is 5.82 Å². The monoisotopic (exact) mass is 248 g/mol. The van der Waals surface area contributed by atoms with E-state index in [-0.39, 0.29) is 5.02 Å². The Hall–Kier alpha value is -2.01. The van der Waals surface area contributed by atoms with E-state index in [9.17, 15) is 4.39 Å². The number of halogens is 2. The molecule has 2 aromatic heterocycles. The molecule has 3 rings (SSSR count). The molecule has 0 spiro atoms. The molecule has 6 heteroatoms. The summed E-state index contributed by atoms with van der Waals surface area (Å²) in [6.45, 7) is 0. The molecule has 2 heterocycles. The van der Waals surface area contributed by atoms with E-state index >= 15 is 0 Å². The van der Waals surface area contributed by atoms with Crippen LogP contribution in [0.4, 0.5) is 4.39 Å². The van der Waals surface area contributed by atoms with Crippen molar-refractivity contribution in [2.24, 2.45) is 0 Å². The lowest BCUT2D eigenvalue weighted by Gasteiger charge is -2.00. The lowest BCUT2D eigenvalue weighted by Crippen LogP contribution is -1.85. The molecule has 0 unspecified atom stereocenters. The van der Waals surface area contributed by atoms with Crippen molar-refractivity contribution in [3.05, 3.63) is 41.6 Å². The van der Waals surface area contributed by atoms with Crippen LogP contribution < -0.4 is 0 Å². The van der Waals surface area contributed by atoms with Crippen molar-refractivity contribution in [3.63, 3.8) is 0 Å². The van der Waals surface area contributed by atoms with Crippen LogP contribution >= 0.6 is 11.6 Å². The lowest BCUT2D eigenvalue weighted by atomic mass is 10.2. The zero-order chi connectivity index (χ0) is 11.8. The average molecular weight is 249 g/mol. The third kappa shape index (κ3) is 1.64. The Bertz CT molecular complexity index is 662. The number of nitrogens with one attached hydrogen (secondary N) is 1. The topological polar surface area (TPSA) is 54.5 Å². The molecular weight excluding hydrogens is 243 g/mol. The highest BCUT2D eigenvalue weighted by Crippen LogP contribution is 2.28. The predicted octanol–water partition coefficient (Wildman–Crippen LogP) is 2.81. The highest BCUT2D eigenvalue weighted by molar-refractivity contribution is 6.33. The Balaban J connectivity index is 2.24. The smallest absolute Gasteiger partial charge is 0.181 e. The van der Waals surface area contributed by atoms with E-state index in [2.05, 4.69) is 19.9 Å². The lowest BCUT2D eigenvalue weighted by molar-refractivity contribution is 0.628. The number of nitrogens with zero attached hydrogens (tertiary/aromatic N) is 3. The first-order chi connectivity index (χ1) is 8.25. The molecule has 0 aliphatic heterocycles. The Morgan fingerprint density at radius 2 is 2.18 bits per heavy atom. The molecule has 0 atom stereocenters. The molecule has 0 saturated heterocycles. The van der Waals surface area contributed by atoms with E-state index in [1.54, 1.807) is 18.3 Å². The molecule has 0 saturated carbocycles. The zero-order valence-corrected chi connectivity index (χ0v) is 9.24. The molecule has 0 aliphatic rings. The SMILES string of the molecule is Fc1cccc(-c2nc3ncncc3[nH]2)c1Cl. The average Bonchev–Trinajstić information content (AvgIpc) is 2.76. The van der Waals surface area contributed by atoms with Gasteiger partial charge in [-0.2, -0.15) is 0 Å². The highest BCUT2D eigenvalue weighted by Gasteiger charge is 2.12. The van der Waals surface area contributed by atoms with Gasteiger partial charge in [-0.1, -0.05) is 17.7 Å². The number of H-pyrrole nitrogens is 1. The van der Waals surface area contributed by atoms with E-state index in [0.717, 1.165) is 0 Å². The summed E-state index contributed by atoms with van der Waals surface area (Å²) in [5.74, 6) is 0.000655. The van der Waals surface area contributed by atoms with Crippen molar-refractivity contribution in [3.8, 4) is 11.4 Å². The third-order valence-electron chi connectivity index (χ3n) is 2.37. The maximum Gasteiger partial charge on any atom is 0.181 e. The van der Waals surface area contributed by atoms with Crippen LogP contribution in [-0.2, 0) is 0 Å². The van der Waals surface area contributed by atoms with Gasteiger partial charge in [-0.3, -0.25) is 0 Å². The Morgan fingerprint density at radius 1 is 1.29 bits per heavy atom. The van der Waals surface area contributed by atoms with Gasteiger partial charge >= 0.3 is 0 Å². The summed E-state index contributed by atoms with van der Waals surface area (Å²) in [6.07, 6.45) is 3.01. The minimum Gasteiger partial charge on any atom is -0.335 e. The number of fused-ring (bicyclic) bond motifs is 1. The molecule has 84 valence electrons. The van der Waals surface area contributed by atoms with Gasteiger partial charge < -0.3 is 4.98 Å². The molecule has 1 aromatic carbocycles. The van der Waals surface area contributed by atoms with E-state index in [0.29, 0.717) is 22.6 Å². The van der Waals surface area contributed by atoms with Crippen molar-refractivity contribution in [1.82, 2.24) is 19.9 Å². The van der Waals surface area contributed by atoms with Gasteiger partial charge in [0.05, 0.1) is 11.2 Å². The largest absolute Gasteiger partial charge is 0.335 e. The molecule has 4 nitrogen and oxygen atoms in total. The van der Waals surface area contributed by atoms with E-state index in [1.165, 1.54) is 12.4 Å². The van der Waals surface area contributed by atoms with Gasteiger partial charge in [-0.25, -0.2) is 19.3 Å². The summed E-state index contributed by atoms with van der Waals surface area (Å²) in [5.41, 5.74) is 1.71. The molecule has 1 N–H and O–H groups in total. The summed E-state index contributed by atoms with van der Waals surface area (Å²) < 4.78 is 13.3. The van der Waals surface area contributed by atoms with Crippen LogP contribution in [0, 0.1) is 5.82 Å². The fraction of sp³-hybridized carbons (Fsp3) is 0. The molecule has 3 aromatic rings. The van der Waals surface area contributed by atoms with Crippen LogP contribution in [0.5, 0.6) is 0 Å². The number of rotatable bonds is 1. The molecule has 0 amide bonds. The first-order valence-corrected chi connectivity index (χ1v) is 5.23. The normalized spacial score (nSPS) is 10.9. The van der Waals surface area contributed by atoms with E-state index in [4.69, 9.17) is 11.6 Å². The first-order valence-electron chi connectivity index (χ1n) is 4.86. The van der Waals surface area contributed by atoms with Crippen molar-refractivity contribution in [2.45, 2.75) is 0 Å². The first kappa shape index (κ1) is 10.2. The minimum atomic E-state index is -0.476. The number of aromatic amines is 1. The van der Waals surface area contributed by atoms with Gasteiger partial charge in [0.25, 0.3) is 0 Å². The third-order valence-corrected chi connectivity index (χ3v) is 2.75. The van der Waals surface area contributed by atoms with Crippen molar-refractivity contribution in [2.75, 3.05) is 0 Å². The summed E-state index contributed by atoms with van der Waals surface area (Å²) in [6, 6.07) is 4.57. The summed E-state index contributed by atoms with van der Waals surface area (Å²) in [7, 11) is 0. The second-order valence-electron chi connectivity index (χ2n) is 3.45. The van der Waals surface area contributed by atoms with Gasteiger partial charge in [0, 0.05) is 5.56 Å². The van der Waals surface area contributed by atoms with Gasteiger partial charge in [0.15, 0.2) is 5.65 Å². The zero-order valence-electron chi connectivity index (χ0n) is 8.48. The molecule has 0 fully saturated rings. The van der Waals surface area contributed by atoms with Gasteiger partial charge in [-0.15, -0.1) is 0 Å². The second-order valence-corrected chi connectivity index (χ2v) is 3.82. The van der Waals surface area contributed by atoms with Crippen LogP contribution in [-0.4, -0.2) is 19.9 Å². The molecule has 0 aliphatic carbocycles. The molecule has 0 radical (unpaired) electrons. The van der Waals surface area contributed by atoms with Crippen LogP contribution in [0.25, 0.3) is 22.6 Å². The fourth-order valence-electron chi connectivity index (χ4n) is 1.58. The van der Waals surface area contributed by atoms with Crippen LogP contribution in [0.3, 0.4) is 0 Å². The summed E-state index contributed by atoms with van der Waals surface area (Å²) in [5, 5.41) is 0.0412. The van der Waals surface area contributed by atoms with Gasteiger partial charge in [-0.05, 0) is 12.1 Å². The predicted molar refractivity (Wildman–Crippen MR) is 62.1 cm³/mol. The minimum absolute atomic E-state index is 0.0412. The van der Waals surface area contributed by atoms with Crippen LogP contribution in [0.2, 0.25) is 5.02 Å². The summed E-state index contributed by atoms with van der Waals surface area (Å²) in [4.78, 5) is 15.1. The van der Waals surface area contributed by atoms with Crippen LogP contribution in [0.1, 0.15) is 0 Å². The standard InChI is InChI=1S/C11H6ClFN4/c12-9-6(2-1-3-7(9)13)10-16-8-4-14-5-15-11(8)17-10/h1-5H,(H,14,15,16,17). The maximum atomic E-state index is 13.3. The Morgan fingerprint density at radius 3 is 3.00 bits per heavy atom. The van der Waals surface area contributed by atoms with Gasteiger partial charge in [0.1, 0.15) is 23.5 Å². The number of benzene rings is 1. The van der Waals surface area contributed by atoms with Crippen molar-refractivity contribution >= 4 is 22.8 Å². The molecular formula is C11H6ClFN4. The summed E-state index contributed by atoms with van der Waals surface area (Å²) >= 11 is 5.88. The maximum absolute atomic E-state index is 13.3. The molecule has 0 bridgehead atoms. The fourth-order valence-corrected chi connectivity index (χ4v) is 1.79. The number of hydrogen-bond acceptors (Lipinski definition) is 3. The number of aromatic nitrogens is 4. The second kappa shape index (κ2) is 3.78. The van der Waals surface area contributed by atoms with Crippen molar-refractivity contribution in [1.29, 1.82) is 0 Å². The van der Waals surface area contributed by atoms with Crippen molar-refractivity contribution < 1.29 is 4.39 Å². The molecule has 17 heavy (non-hydrogen) atoms. The quantitative estimate of drug-likeness (QED) is 0.720. The Labute approximate surface area is 101 Å². The number of hydrogen-bond donors (Lipinski definition) is 1. The highest BCUT2D eigenvalue weighted by atomic mass is 35.5. The number of imidazole rings is 1. The van der Waals surface area contributed by atoms with E-state index in [1.807, 2.05) is 0 Å². The van der Waals surface area contributed by atoms with Gasteiger partial charge in [0.2, 0.25) is 0 Å². The van der Waals surface area contributed by atoms with Crippen LogP contribution in [0.15, 0.2) is 30.7 Å².